The Morgan fingerprint density at radius 3 is 2.71 bits per heavy atom. The van der Waals surface area contributed by atoms with Crippen LogP contribution in [0.15, 0.2) is 18.2 Å². The molecule has 94 valence electrons. The first-order valence-electron chi connectivity index (χ1n) is 5.86. The summed E-state index contributed by atoms with van der Waals surface area (Å²) in [7, 11) is 1.67. The van der Waals surface area contributed by atoms with Crippen LogP contribution in [0.1, 0.15) is 12.5 Å². The Labute approximate surface area is 107 Å². The first-order valence-corrected chi connectivity index (χ1v) is 7.01. The molecule has 0 saturated carbocycles. The summed E-state index contributed by atoms with van der Waals surface area (Å²) in [5.74, 6) is 3.79. The van der Waals surface area contributed by atoms with Crippen molar-refractivity contribution in [2.45, 2.75) is 25.5 Å². The maximum Gasteiger partial charge on any atom is 0.161 e. The molecule has 3 nitrogen and oxygen atoms in total. The summed E-state index contributed by atoms with van der Waals surface area (Å²) >= 11 is 1.91. The zero-order valence-corrected chi connectivity index (χ0v) is 11.1. The molecule has 1 heterocycles. The predicted octanol–water partition coefficient (Wildman–Crippen LogP) is 2.08. The summed E-state index contributed by atoms with van der Waals surface area (Å²) in [4.78, 5) is 0. The van der Waals surface area contributed by atoms with Gasteiger partial charge in [0.25, 0.3) is 0 Å². The van der Waals surface area contributed by atoms with Gasteiger partial charge in [0.05, 0.1) is 7.11 Å². The number of rotatable bonds is 5. The first kappa shape index (κ1) is 12.6. The number of benzene rings is 1. The fourth-order valence-corrected chi connectivity index (χ4v) is 2.33. The van der Waals surface area contributed by atoms with Crippen molar-refractivity contribution >= 4 is 11.8 Å². The second-order valence-electron chi connectivity index (χ2n) is 4.44. The average Bonchev–Trinajstić information content (AvgIpc) is 2.23. The molecule has 0 bridgehead atoms. The third kappa shape index (κ3) is 3.30. The molecular weight excluding hydrogens is 234 g/mol. The largest absolute Gasteiger partial charge is 0.493 e. The molecule has 1 aromatic carbocycles. The zero-order valence-electron chi connectivity index (χ0n) is 10.3. The lowest BCUT2D eigenvalue weighted by Crippen LogP contribution is -2.31. The van der Waals surface area contributed by atoms with Gasteiger partial charge in [-0.3, -0.25) is 0 Å². The van der Waals surface area contributed by atoms with Crippen LogP contribution in [-0.2, 0) is 6.42 Å². The van der Waals surface area contributed by atoms with Crippen LogP contribution in [0.4, 0.5) is 0 Å². The fourth-order valence-electron chi connectivity index (χ4n) is 1.77. The van der Waals surface area contributed by atoms with E-state index in [1.807, 2.05) is 30.8 Å². The number of hydrogen-bond acceptors (Lipinski definition) is 4. The van der Waals surface area contributed by atoms with Crippen LogP contribution in [-0.4, -0.2) is 30.8 Å². The molecule has 1 saturated heterocycles. The van der Waals surface area contributed by atoms with Gasteiger partial charge < -0.3 is 15.2 Å². The number of nitrogens with two attached hydrogens (primary N) is 1. The Morgan fingerprint density at radius 2 is 2.18 bits per heavy atom. The third-order valence-corrected chi connectivity index (χ3v) is 3.90. The van der Waals surface area contributed by atoms with Gasteiger partial charge in [-0.1, -0.05) is 6.07 Å². The molecule has 1 unspecified atom stereocenters. The van der Waals surface area contributed by atoms with E-state index < -0.39 is 0 Å². The summed E-state index contributed by atoms with van der Waals surface area (Å²) in [6, 6.07) is 6.23. The maximum absolute atomic E-state index is 5.86. The molecular formula is C13H19NO2S. The van der Waals surface area contributed by atoms with Crippen molar-refractivity contribution in [1.82, 2.24) is 0 Å². The van der Waals surface area contributed by atoms with Gasteiger partial charge in [-0.05, 0) is 31.0 Å². The molecule has 1 aromatic rings. The Kier molecular flexibility index (Phi) is 4.18. The molecule has 0 amide bonds. The van der Waals surface area contributed by atoms with E-state index in [4.69, 9.17) is 15.2 Å². The van der Waals surface area contributed by atoms with Crippen LogP contribution in [0, 0.1) is 0 Å². The molecule has 1 aliphatic rings. The molecule has 2 rings (SSSR count). The van der Waals surface area contributed by atoms with Crippen molar-refractivity contribution < 1.29 is 9.47 Å². The monoisotopic (exact) mass is 253 g/mol. The topological polar surface area (TPSA) is 44.5 Å². The lowest BCUT2D eigenvalue weighted by molar-refractivity contribution is 0.228. The average molecular weight is 253 g/mol. The van der Waals surface area contributed by atoms with Crippen LogP contribution < -0.4 is 15.2 Å². The van der Waals surface area contributed by atoms with Gasteiger partial charge in [-0.15, -0.1) is 0 Å². The van der Waals surface area contributed by atoms with Crippen LogP contribution >= 0.6 is 11.8 Å². The highest BCUT2D eigenvalue weighted by molar-refractivity contribution is 8.00. The smallest absolute Gasteiger partial charge is 0.161 e. The predicted molar refractivity (Wildman–Crippen MR) is 72.1 cm³/mol. The molecule has 0 aliphatic carbocycles. The molecule has 1 atom stereocenters. The summed E-state index contributed by atoms with van der Waals surface area (Å²) in [6.07, 6.45) is 1.20. The van der Waals surface area contributed by atoms with E-state index in [0.717, 1.165) is 29.4 Å². The molecule has 17 heavy (non-hydrogen) atoms. The van der Waals surface area contributed by atoms with Gasteiger partial charge in [0.1, 0.15) is 6.10 Å². The highest BCUT2D eigenvalue weighted by Gasteiger charge is 2.21. The lowest BCUT2D eigenvalue weighted by atomic mass is 10.1. The maximum atomic E-state index is 5.86. The Balaban J connectivity index is 2.09. The van der Waals surface area contributed by atoms with Crippen LogP contribution in [0.5, 0.6) is 11.5 Å². The molecule has 0 aromatic heterocycles. The molecule has 4 heteroatoms. The van der Waals surface area contributed by atoms with Crippen molar-refractivity contribution in [1.29, 1.82) is 0 Å². The number of ether oxygens (including phenoxy) is 2. The Bertz CT molecular complexity index is 378. The summed E-state index contributed by atoms with van der Waals surface area (Å²) in [6.45, 7) is 2.00. The van der Waals surface area contributed by atoms with E-state index in [1.165, 1.54) is 5.56 Å². The molecule has 1 fully saturated rings. The SMILES string of the molecule is COc1cc(CC(C)N)ccc1OC1CSC1. The van der Waals surface area contributed by atoms with Gasteiger partial charge in [-0.2, -0.15) is 11.8 Å². The molecule has 2 N–H and O–H groups in total. The lowest BCUT2D eigenvalue weighted by Gasteiger charge is -2.26. The van der Waals surface area contributed by atoms with Crippen molar-refractivity contribution in [3.8, 4) is 11.5 Å². The second kappa shape index (κ2) is 5.65. The molecule has 0 spiro atoms. The van der Waals surface area contributed by atoms with E-state index in [2.05, 4.69) is 6.07 Å². The standard InChI is InChI=1S/C13H19NO2S/c1-9(14)5-10-3-4-12(13(6-10)15-2)16-11-7-17-8-11/h3-4,6,9,11H,5,7-8,14H2,1-2H3. The van der Waals surface area contributed by atoms with Gasteiger partial charge in [0, 0.05) is 17.5 Å². The number of hydrogen-bond donors (Lipinski definition) is 1. The van der Waals surface area contributed by atoms with E-state index >= 15 is 0 Å². The highest BCUT2D eigenvalue weighted by atomic mass is 32.2. The van der Waals surface area contributed by atoms with Crippen molar-refractivity contribution in [2.75, 3.05) is 18.6 Å². The van der Waals surface area contributed by atoms with Crippen LogP contribution in [0.2, 0.25) is 0 Å². The normalized spacial score (nSPS) is 17.4. The van der Waals surface area contributed by atoms with Crippen molar-refractivity contribution in [3.63, 3.8) is 0 Å². The van der Waals surface area contributed by atoms with Crippen LogP contribution in [0.3, 0.4) is 0 Å². The minimum atomic E-state index is 0.162. The van der Waals surface area contributed by atoms with Gasteiger partial charge in [0.15, 0.2) is 11.5 Å². The van der Waals surface area contributed by atoms with E-state index in [9.17, 15) is 0 Å². The van der Waals surface area contributed by atoms with Gasteiger partial charge in [-0.25, -0.2) is 0 Å². The fraction of sp³-hybridized carbons (Fsp3) is 0.538. The Hall–Kier alpha value is -0.870. The minimum absolute atomic E-state index is 0.162. The zero-order chi connectivity index (χ0) is 12.3. The third-order valence-electron chi connectivity index (χ3n) is 2.69. The first-order chi connectivity index (χ1) is 8.19. The molecule has 1 aliphatic heterocycles. The van der Waals surface area contributed by atoms with Crippen molar-refractivity contribution in [3.05, 3.63) is 23.8 Å². The second-order valence-corrected chi connectivity index (χ2v) is 5.52. The van der Waals surface area contributed by atoms with Gasteiger partial charge in [0.2, 0.25) is 0 Å². The van der Waals surface area contributed by atoms with E-state index in [1.54, 1.807) is 7.11 Å². The number of methoxy groups -OCH3 is 1. The number of thioether (sulfide) groups is 1. The van der Waals surface area contributed by atoms with Gasteiger partial charge >= 0.3 is 0 Å². The summed E-state index contributed by atoms with van der Waals surface area (Å²) in [5, 5.41) is 0. The molecule has 0 radical (unpaired) electrons. The minimum Gasteiger partial charge on any atom is -0.493 e. The van der Waals surface area contributed by atoms with Crippen molar-refractivity contribution in [2.24, 2.45) is 5.73 Å². The van der Waals surface area contributed by atoms with E-state index in [0.29, 0.717) is 6.10 Å². The quantitative estimate of drug-likeness (QED) is 0.872. The summed E-state index contributed by atoms with van der Waals surface area (Å²) in [5.41, 5.74) is 6.98. The van der Waals surface area contributed by atoms with E-state index in [-0.39, 0.29) is 6.04 Å². The summed E-state index contributed by atoms with van der Waals surface area (Å²) < 4.78 is 11.2. The van der Waals surface area contributed by atoms with Crippen LogP contribution in [0.25, 0.3) is 0 Å². The highest BCUT2D eigenvalue weighted by Crippen LogP contribution is 2.32. The Morgan fingerprint density at radius 1 is 1.41 bits per heavy atom.